The second kappa shape index (κ2) is 14.8. The van der Waals surface area contributed by atoms with Gasteiger partial charge in [0.2, 0.25) is 5.91 Å². The fourth-order valence-electron chi connectivity index (χ4n) is 2.80. The Morgan fingerprint density at radius 1 is 1.06 bits per heavy atom. The van der Waals surface area contributed by atoms with Crippen LogP contribution in [0.15, 0.2) is 0 Å². The van der Waals surface area contributed by atoms with Crippen LogP contribution in [0.25, 0.3) is 0 Å². The normalized spacial score (nSPS) is 25.1. The first-order valence-electron chi connectivity index (χ1n) is 10.3. The van der Waals surface area contributed by atoms with Gasteiger partial charge in [0.25, 0.3) is 5.91 Å². The lowest BCUT2D eigenvalue weighted by atomic mass is 9.99. The summed E-state index contributed by atoms with van der Waals surface area (Å²) in [5.74, 6) is -1.41. The number of hydrogen-bond acceptors (Lipinski definition) is 11. The number of rotatable bonds is 13. The quantitative estimate of drug-likeness (QED) is 0.109. The number of hydrogen-bond donors (Lipinski definition) is 5. The van der Waals surface area contributed by atoms with Crippen molar-refractivity contribution in [2.75, 3.05) is 26.8 Å². The zero-order valence-electron chi connectivity index (χ0n) is 17.9. The van der Waals surface area contributed by atoms with Gasteiger partial charge in [0.05, 0.1) is 13.2 Å². The van der Waals surface area contributed by atoms with E-state index >= 15 is 0 Å². The number of amides is 2. The molecule has 0 spiro atoms. The molecule has 5 N–H and O–H groups in total. The number of unbranched alkanes of at least 4 members (excludes halogenated alkanes) is 1. The van der Waals surface area contributed by atoms with Gasteiger partial charge in [-0.3, -0.25) is 9.59 Å². The van der Waals surface area contributed by atoms with Crippen molar-refractivity contribution in [3.63, 3.8) is 0 Å². The Morgan fingerprint density at radius 2 is 1.75 bits per heavy atom. The maximum Gasteiger partial charge on any atom is 0.332 e. The number of hydroxylamine groups is 2. The third kappa shape index (κ3) is 9.54. The molecule has 184 valence electrons. The monoisotopic (exact) mass is 464 g/mol. The molecule has 13 nitrogen and oxygen atoms in total. The van der Waals surface area contributed by atoms with Gasteiger partial charge in [-0.1, -0.05) is 0 Å². The minimum Gasteiger partial charge on any atom is -0.394 e. The van der Waals surface area contributed by atoms with Crippen molar-refractivity contribution >= 4 is 24.1 Å². The van der Waals surface area contributed by atoms with Crippen LogP contribution in [0.4, 0.5) is 0 Å². The summed E-state index contributed by atoms with van der Waals surface area (Å²) in [4.78, 5) is 50.1. The summed E-state index contributed by atoms with van der Waals surface area (Å²) < 4.78 is 10.4. The zero-order valence-corrected chi connectivity index (χ0v) is 17.9. The molecule has 0 saturated carbocycles. The van der Waals surface area contributed by atoms with Crippen molar-refractivity contribution in [2.45, 2.75) is 69.2 Å². The van der Waals surface area contributed by atoms with Crippen molar-refractivity contribution in [1.29, 1.82) is 0 Å². The van der Waals surface area contributed by atoms with Gasteiger partial charge in [-0.05, 0) is 12.8 Å². The molecule has 1 fully saturated rings. The molecule has 0 bridgehead atoms. The average molecular weight is 464 g/mol. The van der Waals surface area contributed by atoms with Gasteiger partial charge in [0.1, 0.15) is 30.7 Å². The van der Waals surface area contributed by atoms with Gasteiger partial charge in [-0.15, -0.1) is 0 Å². The summed E-state index contributed by atoms with van der Waals surface area (Å²) in [6.07, 6.45) is -5.36. The number of aldehydes is 1. The van der Waals surface area contributed by atoms with E-state index < -0.39 is 49.2 Å². The fourth-order valence-corrected chi connectivity index (χ4v) is 2.80. The van der Waals surface area contributed by atoms with Crippen LogP contribution in [0.5, 0.6) is 0 Å². The summed E-state index contributed by atoms with van der Waals surface area (Å²) >= 11 is 0. The van der Waals surface area contributed by atoms with Crippen molar-refractivity contribution in [1.82, 2.24) is 10.4 Å². The largest absolute Gasteiger partial charge is 0.394 e. The van der Waals surface area contributed by atoms with Crippen LogP contribution in [0, 0.1) is 0 Å². The van der Waals surface area contributed by atoms with E-state index in [1.54, 1.807) is 0 Å². The maximum atomic E-state index is 11.8. The number of carbonyl (C=O) groups is 4. The lowest BCUT2D eigenvalue weighted by molar-refractivity contribution is -0.300. The van der Waals surface area contributed by atoms with E-state index in [1.165, 1.54) is 7.05 Å². The van der Waals surface area contributed by atoms with Crippen LogP contribution in [-0.4, -0.2) is 107 Å². The van der Waals surface area contributed by atoms with Crippen LogP contribution < -0.4 is 5.32 Å². The number of ether oxygens (including phenoxy) is 2. The van der Waals surface area contributed by atoms with Gasteiger partial charge in [-0.2, -0.15) is 5.06 Å². The molecule has 32 heavy (non-hydrogen) atoms. The molecule has 0 aromatic heterocycles. The van der Waals surface area contributed by atoms with E-state index in [0.717, 1.165) is 5.06 Å². The number of nitrogens with one attached hydrogen (secondary N) is 1. The zero-order chi connectivity index (χ0) is 24.1. The molecule has 3 unspecified atom stereocenters. The molecular weight excluding hydrogens is 432 g/mol. The standard InChI is InChI=1S/C19H32N2O11/c1-21(14(25)6-4-9-22)32-15(26)7-3-2-5-13(24)20-8-10-30-19-18(29)17(28)16(27)12(11-23)31-19/h9,12,16-19,23,27-29H,2-8,10-11H2,1H3,(H,20,24)/t12?,16-,17?,18?,19+/m1/s1. The summed E-state index contributed by atoms with van der Waals surface area (Å²) in [6, 6.07) is 0. The highest BCUT2D eigenvalue weighted by molar-refractivity contribution is 5.79. The second-order valence-corrected chi connectivity index (χ2v) is 7.18. The third-order valence-corrected chi connectivity index (χ3v) is 4.66. The molecule has 2 amide bonds. The van der Waals surface area contributed by atoms with E-state index in [0.29, 0.717) is 19.1 Å². The van der Waals surface area contributed by atoms with Crippen LogP contribution >= 0.6 is 0 Å². The molecule has 1 rings (SSSR count). The first-order chi connectivity index (χ1) is 15.2. The van der Waals surface area contributed by atoms with E-state index in [9.17, 15) is 34.5 Å². The number of aliphatic hydroxyl groups is 4. The fraction of sp³-hybridized carbons (Fsp3) is 0.789. The van der Waals surface area contributed by atoms with Crippen molar-refractivity contribution in [2.24, 2.45) is 0 Å². The van der Waals surface area contributed by atoms with Gasteiger partial charge < -0.3 is 44.8 Å². The number of carbonyl (C=O) groups excluding carboxylic acids is 4. The Hall–Kier alpha value is -2.16. The highest BCUT2D eigenvalue weighted by Gasteiger charge is 2.43. The average Bonchev–Trinajstić information content (AvgIpc) is 2.77. The molecule has 0 aromatic carbocycles. The van der Waals surface area contributed by atoms with E-state index in [4.69, 9.17) is 19.4 Å². The van der Waals surface area contributed by atoms with Gasteiger partial charge in [-0.25, -0.2) is 4.79 Å². The molecule has 0 radical (unpaired) electrons. The summed E-state index contributed by atoms with van der Waals surface area (Å²) in [5, 5.41) is 41.7. The third-order valence-electron chi connectivity index (χ3n) is 4.66. The SMILES string of the molecule is CN(OC(=O)CCCCC(=O)NCCO[C@H]1OC(CO)[C@@H](O)C(O)C1O)C(=O)CCC=O. The van der Waals surface area contributed by atoms with E-state index in [1.807, 2.05) is 0 Å². The molecule has 1 aliphatic rings. The predicted octanol–water partition coefficient (Wildman–Crippen LogP) is -2.62. The predicted molar refractivity (Wildman–Crippen MR) is 105 cm³/mol. The highest BCUT2D eigenvalue weighted by Crippen LogP contribution is 2.21. The van der Waals surface area contributed by atoms with Gasteiger partial charge in [0.15, 0.2) is 6.29 Å². The Labute approximate surface area is 185 Å². The minimum absolute atomic E-state index is 0.0127. The first-order valence-corrected chi connectivity index (χ1v) is 10.3. The van der Waals surface area contributed by atoms with Crippen LogP contribution in [0.3, 0.4) is 0 Å². The molecule has 1 saturated heterocycles. The van der Waals surface area contributed by atoms with Gasteiger partial charge >= 0.3 is 5.97 Å². The Balaban J connectivity index is 2.14. The smallest absolute Gasteiger partial charge is 0.332 e. The highest BCUT2D eigenvalue weighted by atomic mass is 16.7. The summed E-state index contributed by atoms with van der Waals surface area (Å²) in [5.41, 5.74) is 0. The Bertz CT molecular complexity index is 616. The topological polar surface area (TPSA) is 192 Å². The lowest BCUT2D eigenvalue weighted by Gasteiger charge is -2.39. The molecule has 5 atom stereocenters. The Morgan fingerprint density at radius 3 is 2.41 bits per heavy atom. The van der Waals surface area contributed by atoms with E-state index in [-0.39, 0.29) is 44.7 Å². The molecule has 1 heterocycles. The molecule has 0 aliphatic carbocycles. The van der Waals surface area contributed by atoms with Crippen LogP contribution in [-0.2, 0) is 33.5 Å². The summed E-state index contributed by atoms with van der Waals surface area (Å²) in [6.45, 7) is -0.531. The lowest BCUT2D eigenvalue weighted by Crippen LogP contribution is -2.59. The number of aliphatic hydroxyl groups excluding tert-OH is 4. The summed E-state index contributed by atoms with van der Waals surface area (Å²) in [7, 11) is 1.28. The van der Waals surface area contributed by atoms with Crippen molar-refractivity contribution < 1.29 is 53.9 Å². The molecule has 1 aliphatic heterocycles. The van der Waals surface area contributed by atoms with Crippen LogP contribution in [0.1, 0.15) is 38.5 Å². The number of nitrogens with zero attached hydrogens (tertiary/aromatic N) is 1. The Kier molecular flexibility index (Phi) is 12.9. The van der Waals surface area contributed by atoms with Gasteiger partial charge in [0, 0.05) is 39.3 Å². The maximum absolute atomic E-state index is 11.8. The van der Waals surface area contributed by atoms with Crippen LogP contribution in [0.2, 0.25) is 0 Å². The molecule has 13 heteroatoms. The second-order valence-electron chi connectivity index (χ2n) is 7.18. The van der Waals surface area contributed by atoms with Crippen molar-refractivity contribution in [3.8, 4) is 0 Å². The van der Waals surface area contributed by atoms with E-state index in [2.05, 4.69) is 5.32 Å². The minimum atomic E-state index is -1.54. The first kappa shape index (κ1) is 27.9. The molecular formula is C19H32N2O11. The van der Waals surface area contributed by atoms with Crippen molar-refractivity contribution in [3.05, 3.63) is 0 Å². The molecule has 0 aromatic rings.